The highest BCUT2D eigenvalue weighted by atomic mass is 16.5. The normalized spacial score (nSPS) is 25.5. The van der Waals surface area contributed by atoms with E-state index in [-0.39, 0.29) is 68.8 Å². The quantitative estimate of drug-likeness (QED) is 0.0813. The molecule has 11 amide bonds. The molecule has 1 aliphatic rings. The summed E-state index contributed by atoms with van der Waals surface area (Å²) in [6.45, 7) is 29.7. The monoisotopic (exact) mass is 1320 g/mol. The molecule has 0 bridgehead atoms. The topological polar surface area (TPSA) is 311 Å². The number of nitrogens with one attached hydrogen (secondary N) is 4. The summed E-state index contributed by atoms with van der Waals surface area (Å²) in [5.74, 6) is -11.7. The van der Waals surface area contributed by atoms with Crippen molar-refractivity contribution in [2.45, 2.75) is 236 Å². The first kappa shape index (κ1) is 83.9. The van der Waals surface area contributed by atoms with Crippen LogP contribution in [-0.2, 0) is 71.8 Å². The maximum Gasteiger partial charge on any atom is 0.303 e. The number of ether oxygens (including phenoxy) is 2. The van der Waals surface area contributed by atoms with Gasteiger partial charge in [-0.3, -0.25) is 62.3 Å². The summed E-state index contributed by atoms with van der Waals surface area (Å²) >= 11 is 0. The molecule has 0 aromatic carbocycles. The molecule has 1 saturated heterocycles. The van der Waals surface area contributed by atoms with Crippen LogP contribution >= 0.6 is 0 Å². The summed E-state index contributed by atoms with van der Waals surface area (Å²) in [5, 5.41) is 11.0. The van der Waals surface area contributed by atoms with Gasteiger partial charge in [0, 0.05) is 63.2 Å². The molecule has 530 valence electrons. The van der Waals surface area contributed by atoms with Gasteiger partial charge in [0.05, 0.1) is 13.2 Å². The zero-order valence-electron chi connectivity index (χ0n) is 60.7. The van der Waals surface area contributed by atoms with Crippen LogP contribution < -0.4 is 21.3 Å². The van der Waals surface area contributed by atoms with Gasteiger partial charge >= 0.3 is 11.9 Å². The van der Waals surface area contributed by atoms with Crippen molar-refractivity contribution < 1.29 is 71.8 Å². The van der Waals surface area contributed by atoms with Gasteiger partial charge in [0.1, 0.15) is 66.5 Å². The standard InChI is InChI=1S/C67H117N11O15/c1-26-48-63(87)72(19)36-53(81)73(20)49(32-37(2)3)60(84)71-54(41(10)11)66(90)74(21)50(33-38(4)5)59(83)68-44(15)58(82)69-45(16)62(86)75(22)51(34-39(6)7)64(88)76(23)52(35-40(8)9)65(89)77(24)55(42(12)13)67(91)78(25)56(61(85)70-48)57(93-47(18)80)43(14)30-28-27-29-31-92-46(17)79/h27-28,37-45,48-52,54-57H,26,29-36H2,1-25H3,(H,68,83)(H,69,82)(H,70,85)(H,71,84)/b28-27+/t43-,44+,45-,48+,49+,50+,51+,52+,54+,55+,56?,57-/m1/s1. The van der Waals surface area contributed by atoms with Crippen LogP contribution in [0.1, 0.15) is 170 Å². The van der Waals surface area contributed by atoms with Crippen molar-refractivity contribution >= 4 is 76.9 Å². The molecule has 1 fully saturated rings. The van der Waals surface area contributed by atoms with Gasteiger partial charge in [-0.1, -0.05) is 109 Å². The molecule has 1 rings (SSSR count). The summed E-state index contributed by atoms with van der Waals surface area (Å²) in [4.78, 5) is 195. The molecular formula is C67H117N11O15. The first-order valence-electron chi connectivity index (χ1n) is 33.0. The van der Waals surface area contributed by atoms with E-state index in [0.29, 0.717) is 6.42 Å². The third kappa shape index (κ3) is 25.3. The fourth-order valence-corrected chi connectivity index (χ4v) is 11.4. The van der Waals surface area contributed by atoms with Crippen molar-refractivity contribution in [3.8, 4) is 0 Å². The van der Waals surface area contributed by atoms with Gasteiger partial charge in [-0.2, -0.15) is 0 Å². The molecule has 0 spiro atoms. The maximum atomic E-state index is 15.5. The Morgan fingerprint density at radius 1 is 0.473 bits per heavy atom. The van der Waals surface area contributed by atoms with Crippen molar-refractivity contribution in [2.24, 2.45) is 41.4 Å². The van der Waals surface area contributed by atoms with Gasteiger partial charge in [0.15, 0.2) is 0 Å². The molecule has 0 saturated carbocycles. The van der Waals surface area contributed by atoms with E-state index in [1.807, 2.05) is 55.4 Å². The molecule has 0 aromatic heterocycles. The first-order valence-corrected chi connectivity index (χ1v) is 33.0. The van der Waals surface area contributed by atoms with Crippen LogP contribution in [0, 0.1) is 41.4 Å². The number of carbonyl (C=O) groups is 13. The second-order valence-corrected chi connectivity index (χ2v) is 27.7. The lowest BCUT2D eigenvalue weighted by Gasteiger charge is -2.42. The number of nitrogens with zero attached hydrogens (tertiary/aromatic N) is 7. The summed E-state index contributed by atoms with van der Waals surface area (Å²) in [5.41, 5.74) is 0. The molecule has 93 heavy (non-hydrogen) atoms. The number of hydrogen-bond donors (Lipinski definition) is 4. The Balaban J connectivity index is 4.47. The summed E-state index contributed by atoms with van der Waals surface area (Å²) in [6.07, 6.45) is 3.06. The van der Waals surface area contributed by atoms with Crippen molar-refractivity contribution in [1.29, 1.82) is 0 Å². The predicted molar refractivity (Wildman–Crippen MR) is 354 cm³/mol. The highest BCUT2D eigenvalue weighted by Gasteiger charge is 2.47. The van der Waals surface area contributed by atoms with Crippen LogP contribution in [0.3, 0.4) is 0 Å². The minimum absolute atomic E-state index is 0.0380. The molecule has 0 aromatic rings. The van der Waals surface area contributed by atoms with E-state index in [1.54, 1.807) is 53.7 Å². The van der Waals surface area contributed by atoms with Gasteiger partial charge in [-0.15, -0.1) is 0 Å². The number of esters is 2. The zero-order chi connectivity index (χ0) is 72.0. The Morgan fingerprint density at radius 2 is 0.914 bits per heavy atom. The number of amides is 11. The molecule has 26 nitrogen and oxygen atoms in total. The molecule has 1 aliphatic heterocycles. The highest BCUT2D eigenvalue weighted by Crippen LogP contribution is 2.27. The number of carbonyl (C=O) groups excluding carboxylic acids is 13. The SMILES string of the molecule is CC[C@@H]1NC(=O)C([C@H](OC(C)=O)[C@H](C)C/C=C/CCOC(C)=O)N(C)C(=O)[C@H](C(C)C)N(C)C(=O)[C@H](CC(C)C)N(C)C(=O)[C@H](CC(C)C)N(C)C(=O)[C@@H](C)NC(=O)[C@H](C)NC(=O)[C@H](CC(C)C)N(C)C(=O)[C@H](C(C)C)NC(=O)[C@H](CC(C)C)N(C)C(=O)CN(C)C1=O. The van der Waals surface area contributed by atoms with Gasteiger partial charge in [-0.25, -0.2) is 0 Å². The molecule has 1 heterocycles. The van der Waals surface area contributed by atoms with Crippen molar-refractivity contribution in [1.82, 2.24) is 55.6 Å². The lowest BCUT2D eigenvalue weighted by atomic mass is 9.91. The van der Waals surface area contributed by atoms with E-state index < -0.39 is 168 Å². The molecule has 12 atom stereocenters. The number of rotatable bonds is 19. The minimum atomic E-state index is -1.68. The van der Waals surface area contributed by atoms with Crippen LogP contribution in [0.2, 0.25) is 0 Å². The number of likely N-dealkylation sites (N-methyl/N-ethyl adjacent to an activating group) is 7. The lowest BCUT2D eigenvalue weighted by Crippen LogP contribution is -2.64. The van der Waals surface area contributed by atoms with Crippen LogP contribution in [0.25, 0.3) is 0 Å². The van der Waals surface area contributed by atoms with Gasteiger partial charge in [0.25, 0.3) is 0 Å². The van der Waals surface area contributed by atoms with Crippen molar-refractivity contribution in [2.75, 3.05) is 62.5 Å². The highest BCUT2D eigenvalue weighted by molar-refractivity contribution is 5.99. The van der Waals surface area contributed by atoms with Crippen molar-refractivity contribution in [3.63, 3.8) is 0 Å². The second-order valence-electron chi connectivity index (χ2n) is 27.7. The van der Waals surface area contributed by atoms with E-state index in [9.17, 15) is 43.2 Å². The molecule has 0 aliphatic carbocycles. The van der Waals surface area contributed by atoms with Crippen LogP contribution in [0.15, 0.2) is 12.2 Å². The number of hydrogen-bond acceptors (Lipinski definition) is 15. The summed E-state index contributed by atoms with van der Waals surface area (Å²) < 4.78 is 11.0. The largest absolute Gasteiger partial charge is 0.466 e. The van der Waals surface area contributed by atoms with Gasteiger partial charge in [0.2, 0.25) is 65.0 Å². The molecule has 0 radical (unpaired) electrons. The van der Waals surface area contributed by atoms with E-state index in [0.717, 1.165) is 16.7 Å². The fourth-order valence-electron chi connectivity index (χ4n) is 11.4. The Labute approximate surface area is 554 Å². The van der Waals surface area contributed by atoms with Crippen LogP contribution in [0.4, 0.5) is 0 Å². The Hall–Kier alpha value is -7.15. The first-order chi connectivity index (χ1) is 43.0. The van der Waals surface area contributed by atoms with E-state index >= 15 is 19.2 Å². The average Bonchev–Trinajstić information content (AvgIpc) is 0.846. The smallest absolute Gasteiger partial charge is 0.303 e. The third-order valence-corrected chi connectivity index (χ3v) is 16.9. The minimum Gasteiger partial charge on any atom is -0.466 e. The second kappa shape index (κ2) is 38.9. The molecule has 1 unspecified atom stereocenters. The van der Waals surface area contributed by atoms with E-state index in [4.69, 9.17) is 9.47 Å². The molecule has 4 N–H and O–H groups in total. The Bertz CT molecular complexity index is 2610. The summed E-state index contributed by atoms with van der Waals surface area (Å²) in [6, 6.07) is -12.8. The average molecular weight is 1320 g/mol. The Kier molecular flexibility index (Phi) is 35.1. The van der Waals surface area contributed by atoms with Gasteiger partial charge < -0.3 is 65.0 Å². The van der Waals surface area contributed by atoms with Crippen molar-refractivity contribution in [3.05, 3.63) is 12.2 Å². The van der Waals surface area contributed by atoms with Crippen LogP contribution in [-0.4, -0.2) is 240 Å². The summed E-state index contributed by atoms with van der Waals surface area (Å²) in [7, 11) is 9.78. The van der Waals surface area contributed by atoms with Gasteiger partial charge in [-0.05, 0) is 100 Å². The molecule has 26 heteroatoms. The third-order valence-electron chi connectivity index (χ3n) is 16.9. The Morgan fingerprint density at radius 3 is 1.38 bits per heavy atom. The van der Waals surface area contributed by atoms with Crippen LogP contribution in [0.5, 0.6) is 0 Å². The predicted octanol–water partition coefficient (Wildman–Crippen LogP) is 3.77. The van der Waals surface area contributed by atoms with E-state index in [1.165, 1.54) is 94.6 Å². The lowest BCUT2D eigenvalue weighted by molar-refractivity contribution is -0.164. The molecular weight excluding hydrogens is 1200 g/mol. The zero-order valence-corrected chi connectivity index (χ0v) is 60.7. The fraction of sp³-hybridized carbons (Fsp3) is 0.776. The van der Waals surface area contributed by atoms with E-state index in [2.05, 4.69) is 21.3 Å². The number of allylic oxidation sites excluding steroid dienone is 1. The maximum absolute atomic E-state index is 15.5.